The first kappa shape index (κ1) is 16.7. The number of halogens is 1. The predicted molar refractivity (Wildman–Crippen MR) is 95.3 cm³/mol. The van der Waals surface area contributed by atoms with Crippen molar-refractivity contribution in [2.45, 2.75) is 38.1 Å². The van der Waals surface area contributed by atoms with Crippen LogP contribution in [0.2, 0.25) is 5.02 Å². The van der Waals surface area contributed by atoms with Crippen LogP contribution in [-0.2, 0) is 11.2 Å². The Morgan fingerprint density at radius 3 is 2.96 bits per heavy atom. The number of nitrogens with zero attached hydrogens (tertiary/aromatic N) is 2. The highest BCUT2D eigenvalue weighted by molar-refractivity contribution is 7.09. The molecule has 0 amide bonds. The van der Waals surface area contributed by atoms with Crippen molar-refractivity contribution in [2.75, 3.05) is 19.0 Å². The normalized spacial score (nSPS) is 16.6. The van der Waals surface area contributed by atoms with Crippen LogP contribution in [-0.4, -0.2) is 23.1 Å². The average molecular weight is 352 g/mol. The van der Waals surface area contributed by atoms with Crippen LogP contribution in [0.3, 0.4) is 0 Å². The van der Waals surface area contributed by atoms with Gasteiger partial charge in [-0.1, -0.05) is 36.6 Å². The molecule has 0 aliphatic heterocycles. The van der Waals surface area contributed by atoms with E-state index in [-0.39, 0.29) is 6.04 Å². The highest BCUT2D eigenvalue weighted by Crippen LogP contribution is 2.38. The summed E-state index contributed by atoms with van der Waals surface area (Å²) in [5.41, 5.74) is 1.23. The number of anilines is 1. The molecule has 4 nitrogen and oxygen atoms in total. The molecule has 1 N–H and O–H groups in total. The molecule has 0 bridgehead atoms. The Kier molecular flexibility index (Phi) is 5.86. The first-order valence-electron chi connectivity index (χ1n) is 8.10. The summed E-state index contributed by atoms with van der Waals surface area (Å²) in [7, 11) is 1.70. The van der Waals surface area contributed by atoms with Crippen LogP contribution < -0.4 is 5.32 Å². The van der Waals surface area contributed by atoms with E-state index in [9.17, 15) is 0 Å². The van der Waals surface area contributed by atoms with Gasteiger partial charge in [0.15, 0.2) is 0 Å². The third-order valence-electron chi connectivity index (χ3n) is 4.36. The Balaban J connectivity index is 1.77. The van der Waals surface area contributed by atoms with Crippen LogP contribution in [0.4, 0.5) is 5.13 Å². The van der Waals surface area contributed by atoms with Crippen molar-refractivity contribution in [3.05, 3.63) is 40.7 Å². The summed E-state index contributed by atoms with van der Waals surface area (Å²) in [5.74, 6) is 1.47. The average Bonchev–Trinajstić information content (AvgIpc) is 3.22. The Bertz CT molecular complexity index is 628. The van der Waals surface area contributed by atoms with E-state index in [1.54, 1.807) is 7.11 Å². The summed E-state index contributed by atoms with van der Waals surface area (Å²) in [6.07, 6.45) is 5.86. The molecule has 1 fully saturated rings. The second-order valence-electron chi connectivity index (χ2n) is 5.98. The quantitative estimate of drug-likeness (QED) is 0.783. The predicted octanol–water partition coefficient (Wildman–Crippen LogP) is 4.72. The molecule has 0 spiro atoms. The van der Waals surface area contributed by atoms with Gasteiger partial charge in [-0.3, -0.25) is 0 Å². The van der Waals surface area contributed by atoms with Gasteiger partial charge in [-0.25, -0.2) is 4.98 Å². The Morgan fingerprint density at radius 1 is 1.39 bits per heavy atom. The first-order chi connectivity index (χ1) is 11.3. The number of nitrogens with one attached hydrogen (secondary N) is 1. The van der Waals surface area contributed by atoms with Crippen molar-refractivity contribution in [2.24, 2.45) is 5.92 Å². The maximum atomic E-state index is 6.19. The zero-order valence-electron chi connectivity index (χ0n) is 13.3. The molecule has 3 rings (SSSR count). The fraction of sp³-hybridized carbons (Fsp3) is 0.529. The number of aromatic nitrogens is 2. The smallest absolute Gasteiger partial charge is 0.203 e. The molecule has 6 heteroatoms. The zero-order valence-corrected chi connectivity index (χ0v) is 14.9. The minimum Gasteiger partial charge on any atom is -0.384 e. The fourth-order valence-corrected chi connectivity index (χ4v) is 4.05. The molecule has 23 heavy (non-hydrogen) atoms. The largest absolute Gasteiger partial charge is 0.384 e. The molecule has 1 unspecified atom stereocenters. The monoisotopic (exact) mass is 351 g/mol. The standard InChI is InChI=1S/C17H22ClN3OS/c1-22-10-9-15-19-17(23-21-15)20-16(12-5-2-3-6-12)13-7-4-8-14(18)11-13/h4,7-8,11-12,16H,2-3,5-6,9-10H2,1H3,(H,19,20,21). The van der Waals surface area contributed by atoms with Crippen molar-refractivity contribution < 1.29 is 4.74 Å². The van der Waals surface area contributed by atoms with E-state index in [0.717, 1.165) is 22.4 Å². The molecule has 124 valence electrons. The summed E-state index contributed by atoms with van der Waals surface area (Å²) in [6.45, 7) is 0.649. The van der Waals surface area contributed by atoms with Crippen LogP contribution in [0, 0.1) is 5.92 Å². The van der Waals surface area contributed by atoms with Crippen molar-refractivity contribution >= 4 is 28.3 Å². The van der Waals surface area contributed by atoms with Crippen molar-refractivity contribution in [1.82, 2.24) is 9.36 Å². The molecule has 1 heterocycles. The summed E-state index contributed by atoms with van der Waals surface area (Å²) in [4.78, 5) is 4.59. The van der Waals surface area contributed by atoms with Gasteiger partial charge in [-0.15, -0.1) is 0 Å². The molecule has 1 aromatic carbocycles. The van der Waals surface area contributed by atoms with Crippen LogP contribution in [0.15, 0.2) is 24.3 Å². The summed E-state index contributed by atoms with van der Waals surface area (Å²) in [5, 5.41) is 5.27. The van der Waals surface area contributed by atoms with Gasteiger partial charge >= 0.3 is 0 Å². The lowest BCUT2D eigenvalue weighted by Crippen LogP contribution is -2.19. The lowest BCUT2D eigenvalue weighted by molar-refractivity contribution is 0.201. The third kappa shape index (κ3) is 4.43. The molecule has 0 saturated heterocycles. The molecule has 1 aliphatic rings. The van der Waals surface area contributed by atoms with E-state index < -0.39 is 0 Å². The van der Waals surface area contributed by atoms with Crippen LogP contribution in [0.5, 0.6) is 0 Å². The van der Waals surface area contributed by atoms with Gasteiger partial charge in [0.1, 0.15) is 5.82 Å². The van der Waals surface area contributed by atoms with Crippen LogP contribution >= 0.6 is 23.1 Å². The Labute approximate surface area is 146 Å². The molecule has 0 radical (unpaired) electrons. The van der Waals surface area contributed by atoms with Crippen molar-refractivity contribution in [3.8, 4) is 0 Å². The Morgan fingerprint density at radius 2 is 2.22 bits per heavy atom. The number of hydrogen-bond acceptors (Lipinski definition) is 5. The van der Waals surface area contributed by atoms with Gasteiger partial charge < -0.3 is 10.1 Å². The van der Waals surface area contributed by atoms with Crippen LogP contribution in [0.1, 0.15) is 43.1 Å². The van der Waals surface area contributed by atoms with Gasteiger partial charge in [0, 0.05) is 30.1 Å². The maximum absolute atomic E-state index is 6.19. The van der Waals surface area contributed by atoms with E-state index in [0.29, 0.717) is 12.5 Å². The van der Waals surface area contributed by atoms with E-state index in [1.807, 2.05) is 12.1 Å². The van der Waals surface area contributed by atoms with Crippen LogP contribution in [0.25, 0.3) is 0 Å². The van der Waals surface area contributed by atoms with Gasteiger partial charge in [-0.2, -0.15) is 4.37 Å². The van der Waals surface area contributed by atoms with Crippen molar-refractivity contribution in [1.29, 1.82) is 0 Å². The number of hydrogen-bond donors (Lipinski definition) is 1. The summed E-state index contributed by atoms with van der Waals surface area (Å²) >= 11 is 7.62. The molecule has 1 aromatic heterocycles. The number of rotatable bonds is 7. The summed E-state index contributed by atoms with van der Waals surface area (Å²) < 4.78 is 9.50. The highest BCUT2D eigenvalue weighted by atomic mass is 35.5. The maximum Gasteiger partial charge on any atom is 0.203 e. The first-order valence-corrected chi connectivity index (χ1v) is 9.25. The van der Waals surface area contributed by atoms with E-state index in [4.69, 9.17) is 16.3 Å². The molecule has 1 saturated carbocycles. The van der Waals surface area contributed by atoms with Gasteiger partial charge in [0.25, 0.3) is 0 Å². The number of ether oxygens (including phenoxy) is 1. The third-order valence-corrected chi connectivity index (χ3v) is 5.28. The fourth-order valence-electron chi connectivity index (χ4n) is 3.20. The minimum absolute atomic E-state index is 0.249. The Hall–Kier alpha value is -1.17. The zero-order chi connectivity index (χ0) is 16.1. The molecular weight excluding hydrogens is 330 g/mol. The molecule has 1 aliphatic carbocycles. The molecular formula is C17H22ClN3OS. The highest BCUT2D eigenvalue weighted by Gasteiger charge is 2.27. The van der Waals surface area contributed by atoms with Gasteiger partial charge in [0.05, 0.1) is 12.6 Å². The second-order valence-corrected chi connectivity index (χ2v) is 7.17. The summed E-state index contributed by atoms with van der Waals surface area (Å²) in [6, 6.07) is 8.40. The van der Waals surface area contributed by atoms with Crippen molar-refractivity contribution in [3.63, 3.8) is 0 Å². The number of methoxy groups -OCH3 is 1. The van der Waals surface area contributed by atoms with E-state index in [2.05, 4.69) is 26.8 Å². The minimum atomic E-state index is 0.249. The second kappa shape index (κ2) is 8.08. The molecule has 2 aromatic rings. The van der Waals surface area contributed by atoms with Gasteiger partial charge in [0.2, 0.25) is 5.13 Å². The van der Waals surface area contributed by atoms with E-state index in [1.165, 1.54) is 42.8 Å². The topological polar surface area (TPSA) is 47.0 Å². The lowest BCUT2D eigenvalue weighted by Gasteiger charge is -2.25. The van der Waals surface area contributed by atoms with Gasteiger partial charge in [-0.05, 0) is 36.5 Å². The number of benzene rings is 1. The SMILES string of the molecule is COCCc1nsc(NC(c2cccc(Cl)c2)C2CCCC2)n1. The lowest BCUT2D eigenvalue weighted by atomic mass is 9.92. The van der Waals surface area contributed by atoms with E-state index >= 15 is 0 Å². The molecule has 1 atom stereocenters.